The van der Waals surface area contributed by atoms with Crippen molar-refractivity contribution in [3.8, 4) is 0 Å². The minimum Gasteiger partial charge on any atom is -0.353 e. The number of carbonyl (C=O) groups is 1. The average Bonchev–Trinajstić information content (AvgIpc) is 2.98. The second-order valence-electron chi connectivity index (χ2n) is 5.68. The highest BCUT2D eigenvalue weighted by atomic mass is 35.5. The summed E-state index contributed by atoms with van der Waals surface area (Å²) in [5, 5.41) is 6.60. The number of carbonyl (C=O) groups excluding carboxylic acids is 1. The molecule has 126 valence electrons. The number of benzene rings is 1. The Bertz CT molecular complexity index is 609. The van der Waals surface area contributed by atoms with Gasteiger partial charge in [0.25, 0.3) is 0 Å². The van der Waals surface area contributed by atoms with Crippen molar-refractivity contribution in [2.24, 2.45) is 0 Å². The van der Waals surface area contributed by atoms with Crippen LogP contribution in [0.5, 0.6) is 0 Å². The summed E-state index contributed by atoms with van der Waals surface area (Å²) in [5.41, 5.74) is 2.02. The van der Waals surface area contributed by atoms with Gasteiger partial charge in [-0.3, -0.25) is 4.79 Å². The lowest BCUT2D eigenvalue weighted by atomic mass is 10.1. The van der Waals surface area contributed by atoms with Gasteiger partial charge < -0.3 is 15.6 Å². The van der Waals surface area contributed by atoms with Crippen LogP contribution in [0, 0.1) is 0 Å². The number of thioether (sulfide) groups is 1. The molecule has 0 radical (unpaired) electrons. The monoisotopic (exact) mass is 354 g/mol. The predicted molar refractivity (Wildman–Crippen MR) is 98.2 cm³/mol. The summed E-state index contributed by atoms with van der Waals surface area (Å²) in [6.07, 6.45) is 2.05. The second-order valence-corrected chi connectivity index (χ2v) is 7.01. The van der Waals surface area contributed by atoms with E-state index in [4.69, 9.17) is 0 Å². The van der Waals surface area contributed by atoms with Gasteiger partial charge in [0.1, 0.15) is 5.82 Å². The maximum Gasteiger partial charge on any atom is 0.230 e. The quantitative estimate of drug-likeness (QED) is 0.772. The van der Waals surface area contributed by atoms with E-state index < -0.39 is 0 Å². The van der Waals surface area contributed by atoms with Gasteiger partial charge in [0, 0.05) is 6.04 Å². The van der Waals surface area contributed by atoms with Gasteiger partial charge >= 0.3 is 0 Å². The first-order chi connectivity index (χ1) is 10.7. The van der Waals surface area contributed by atoms with E-state index in [1.807, 2.05) is 24.3 Å². The van der Waals surface area contributed by atoms with Gasteiger partial charge in [-0.05, 0) is 45.0 Å². The molecule has 1 amide bonds. The number of hydrogen-bond donors (Lipinski definition) is 3. The van der Waals surface area contributed by atoms with Crippen LogP contribution in [0.3, 0.4) is 0 Å². The van der Waals surface area contributed by atoms with Gasteiger partial charge in [0.15, 0.2) is 0 Å². The third kappa shape index (κ3) is 4.86. The number of nitrogens with one attached hydrogen (secondary N) is 3. The Kier molecular flexibility index (Phi) is 6.74. The van der Waals surface area contributed by atoms with E-state index in [0.717, 1.165) is 42.8 Å². The van der Waals surface area contributed by atoms with Crippen molar-refractivity contribution in [2.45, 2.75) is 31.1 Å². The van der Waals surface area contributed by atoms with Crippen LogP contribution in [-0.2, 0) is 4.79 Å². The number of fused-ring (bicyclic) bond motifs is 1. The van der Waals surface area contributed by atoms with Crippen LogP contribution >= 0.6 is 24.2 Å². The van der Waals surface area contributed by atoms with E-state index >= 15 is 0 Å². The highest BCUT2D eigenvalue weighted by Gasteiger charge is 2.17. The molecule has 1 saturated heterocycles. The fourth-order valence-corrected chi connectivity index (χ4v) is 3.43. The summed E-state index contributed by atoms with van der Waals surface area (Å²) < 4.78 is 0. The number of nitrogens with zero attached hydrogens (tertiary/aromatic N) is 1. The van der Waals surface area contributed by atoms with Crippen LogP contribution in [0.4, 0.5) is 0 Å². The summed E-state index contributed by atoms with van der Waals surface area (Å²) in [5.74, 6) is 1.53. The molecule has 0 spiro atoms. The fourth-order valence-electron chi connectivity index (χ4n) is 2.68. The Labute approximate surface area is 146 Å². The van der Waals surface area contributed by atoms with Crippen LogP contribution in [0.1, 0.15) is 30.8 Å². The van der Waals surface area contributed by atoms with Crippen molar-refractivity contribution >= 4 is 41.1 Å². The van der Waals surface area contributed by atoms with Crippen LogP contribution in [0.15, 0.2) is 24.3 Å². The first kappa shape index (κ1) is 18.1. The van der Waals surface area contributed by atoms with E-state index in [-0.39, 0.29) is 23.6 Å². The molecular formula is C16H23ClN4OS. The van der Waals surface area contributed by atoms with Crippen LogP contribution in [0.2, 0.25) is 0 Å². The lowest BCUT2D eigenvalue weighted by Crippen LogP contribution is -2.43. The zero-order valence-corrected chi connectivity index (χ0v) is 14.8. The maximum atomic E-state index is 12.0. The molecule has 0 bridgehead atoms. The van der Waals surface area contributed by atoms with Gasteiger partial charge in [0.05, 0.1) is 22.0 Å². The third-order valence-corrected chi connectivity index (χ3v) is 5.11. The molecule has 3 N–H and O–H groups in total. The molecule has 23 heavy (non-hydrogen) atoms. The largest absolute Gasteiger partial charge is 0.353 e. The number of imidazole rings is 1. The van der Waals surface area contributed by atoms with Gasteiger partial charge in [-0.1, -0.05) is 12.1 Å². The van der Waals surface area contributed by atoms with Crippen molar-refractivity contribution in [3.63, 3.8) is 0 Å². The molecule has 1 fully saturated rings. The molecule has 0 aliphatic carbocycles. The third-order valence-electron chi connectivity index (χ3n) is 3.96. The molecule has 2 heterocycles. The van der Waals surface area contributed by atoms with E-state index in [1.165, 1.54) is 0 Å². The summed E-state index contributed by atoms with van der Waals surface area (Å²) in [4.78, 5) is 20.0. The summed E-state index contributed by atoms with van der Waals surface area (Å²) in [6.45, 7) is 4.07. The van der Waals surface area contributed by atoms with Crippen molar-refractivity contribution in [2.75, 3.05) is 18.8 Å². The number of hydrogen-bond acceptors (Lipinski definition) is 4. The summed E-state index contributed by atoms with van der Waals surface area (Å²) in [7, 11) is 0. The van der Waals surface area contributed by atoms with Crippen molar-refractivity contribution in [1.29, 1.82) is 0 Å². The molecular weight excluding hydrogens is 332 g/mol. The molecule has 1 aliphatic rings. The summed E-state index contributed by atoms with van der Waals surface area (Å²) >= 11 is 1.62. The first-order valence-electron chi connectivity index (χ1n) is 7.78. The lowest BCUT2D eigenvalue weighted by molar-refractivity contribution is -0.119. The van der Waals surface area contributed by atoms with Crippen molar-refractivity contribution in [1.82, 2.24) is 20.6 Å². The Morgan fingerprint density at radius 3 is 2.87 bits per heavy atom. The molecule has 7 heteroatoms. The standard InChI is InChI=1S/C16H22N4OS.ClH/c1-11(16-19-13-4-2-3-5-14(13)20-16)22-10-15(21)18-12-6-8-17-9-7-12;/h2-5,11-12,17H,6-10H2,1H3,(H,18,21)(H,19,20);1H. The number of amides is 1. The molecule has 1 atom stereocenters. The normalized spacial score (nSPS) is 16.7. The summed E-state index contributed by atoms with van der Waals surface area (Å²) in [6, 6.07) is 8.32. The van der Waals surface area contributed by atoms with E-state index in [0.29, 0.717) is 11.8 Å². The Hall–Kier alpha value is -1.24. The van der Waals surface area contributed by atoms with Crippen LogP contribution in [-0.4, -0.2) is 40.8 Å². The number of aromatic nitrogens is 2. The van der Waals surface area contributed by atoms with Crippen LogP contribution in [0.25, 0.3) is 11.0 Å². The number of piperidine rings is 1. The van der Waals surface area contributed by atoms with Gasteiger partial charge in [0.2, 0.25) is 5.91 Å². The number of H-pyrrole nitrogens is 1. The highest BCUT2D eigenvalue weighted by molar-refractivity contribution is 8.00. The maximum absolute atomic E-state index is 12.0. The van der Waals surface area contributed by atoms with Crippen molar-refractivity contribution in [3.05, 3.63) is 30.1 Å². The van der Waals surface area contributed by atoms with E-state index in [2.05, 4.69) is 27.5 Å². The van der Waals surface area contributed by atoms with Gasteiger partial charge in [-0.25, -0.2) is 4.98 Å². The molecule has 5 nitrogen and oxygen atoms in total. The first-order valence-corrected chi connectivity index (χ1v) is 8.83. The Morgan fingerprint density at radius 2 is 2.13 bits per heavy atom. The van der Waals surface area contributed by atoms with Crippen LogP contribution < -0.4 is 10.6 Å². The highest BCUT2D eigenvalue weighted by Crippen LogP contribution is 2.27. The van der Waals surface area contributed by atoms with E-state index in [1.54, 1.807) is 11.8 Å². The number of aromatic amines is 1. The molecule has 1 unspecified atom stereocenters. The molecule has 1 aromatic heterocycles. The molecule has 1 aliphatic heterocycles. The van der Waals surface area contributed by atoms with Crippen molar-refractivity contribution < 1.29 is 4.79 Å². The molecule has 2 aromatic rings. The number of rotatable bonds is 5. The fraction of sp³-hybridized carbons (Fsp3) is 0.500. The van der Waals surface area contributed by atoms with Gasteiger partial charge in [-0.2, -0.15) is 0 Å². The van der Waals surface area contributed by atoms with E-state index in [9.17, 15) is 4.79 Å². The zero-order valence-electron chi connectivity index (χ0n) is 13.2. The molecule has 0 saturated carbocycles. The SMILES string of the molecule is CC(SCC(=O)NC1CCNCC1)c1nc2ccccc2[nH]1.Cl. The smallest absolute Gasteiger partial charge is 0.230 e. The number of para-hydroxylation sites is 2. The number of halogens is 1. The predicted octanol–water partition coefficient (Wildman–Crippen LogP) is 2.65. The minimum atomic E-state index is 0. The zero-order chi connectivity index (χ0) is 15.4. The lowest BCUT2D eigenvalue weighted by Gasteiger charge is -2.23. The average molecular weight is 355 g/mol. The van der Waals surface area contributed by atoms with Gasteiger partial charge in [-0.15, -0.1) is 24.2 Å². The molecule has 3 rings (SSSR count). The Balaban J connectivity index is 0.00000192. The Morgan fingerprint density at radius 1 is 1.39 bits per heavy atom. The second kappa shape index (κ2) is 8.57. The topological polar surface area (TPSA) is 69.8 Å². The minimum absolute atomic E-state index is 0. The molecule has 1 aromatic carbocycles.